The van der Waals surface area contributed by atoms with Gasteiger partial charge in [-0.25, -0.2) is 0 Å². The summed E-state index contributed by atoms with van der Waals surface area (Å²) in [5.74, 6) is -2.27. The number of amides is 1. The van der Waals surface area contributed by atoms with Gasteiger partial charge >= 0.3 is 5.97 Å². The largest absolute Gasteiger partial charge is 0.481 e. The quantitative estimate of drug-likeness (QED) is 0.654. The van der Waals surface area contributed by atoms with Crippen molar-refractivity contribution in [2.24, 2.45) is 11.8 Å². The highest BCUT2D eigenvalue weighted by molar-refractivity contribution is 7.98. The molecule has 0 bridgehead atoms. The zero-order chi connectivity index (χ0) is 16.3. The Morgan fingerprint density at radius 1 is 1.14 bits per heavy atom. The van der Waals surface area contributed by atoms with Gasteiger partial charge in [0.15, 0.2) is 0 Å². The normalized spacial score (nSPS) is 21.6. The number of nitrogens with one attached hydrogen (secondary N) is 1. The summed E-state index contributed by atoms with van der Waals surface area (Å²) >= 11 is 1.55. The number of rotatable bonds is 4. The van der Waals surface area contributed by atoms with Gasteiger partial charge in [0.05, 0.1) is 17.5 Å². The molecule has 0 aliphatic heterocycles. The molecular formula is C17H21NO3S. The first-order chi connectivity index (χ1) is 10.4. The van der Waals surface area contributed by atoms with Crippen LogP contribution in [-0.4, -0.2) is 23.2 Å². The van der Waals surface area contributed by atoms with Crippen LogP contribution in [0, 0.1) is 11.8 Å². The highest BCUT2D eigenvalue weighted by Gasteiger charge is 2.37. The van der Waals surface area contributed by atoms with Crippen LogP contribution in [0.1, 0.15) is 26.7 Å². The zero-order valence-electron chi connectivity index (χ0n) is 13.1. The van der Waals surface area contributed by atoms with Crippen LogP contribution in [0.15, 0.2) is 40.3 Å². The first-order valence-electron chi connectivity index (χ1n) is 7.26. The Hall–Kier alpha value is -1.75. The summed E-state index contributed by atoms with van der Waals surface area (Å²) in [6.07, 6.45) is 2.90. The average Bonchev–Trinajstić information content (AvgIpc) is 2.49. The maximum absolute atomic E-state index is 12.6. The molecule has 2 N–H and O–H groups in total. The van der Waals surface area contributed by atoms with Crippen LogP contribution in [0.5, 0.6) is 0 Å². The summed E-state index contributed by atoms with van der Waals surface area (Å²) in [6.45, 7) is 3.92. The van der Waals surface area contributed by atoms with E-state index in [0.717, 1.165) is 21.7 Å². The number of carbonyl (C=O) groups excluding carboxylic acids is 1. The molecule has 2 rings (SSSR count). The van der Waals surface area contributed by atoms with E-state index >= 15 is 0 Å². The second kappa shape index (κ2) is 7.01. The van der Waals surface area contributed by atoms with Gasteiger partial charge in [0.25, 0.3) is 0 Å². The van der Waals surface area contributed by atoms with Crippen LogP contribution in [0.4, 0.5) is 5.69 Å². The number of allylic oxidation sites excluding steroid dienone is 2. The van der Waals surface area contributed by atoms with Gasteiger partial charge in [-0.1, -0.05) is 23.3 Å². The number of para-hydroxylation sites is 1. The molecule has 0 fully saturated rings. The van der Waals surface area contributed by atoms with Crippen molar-refractivity contribution in [1.29, 1.82) is 0 Å². The van der Waals surface area contributed by atoms with E-state index in [-0.39, 0.29) is 5.91 Å². The van der Waals surface area contributed by atoms with Crippen molar-refractivity contribution >= 4 is 29.3 Å². The Labute approximate surface area is 135 Å². The summed E-state index contributed by atoms with van der Waals surface area (Å²) in [7, 11) is 0. The molecule has 0 unspecified atom stereocenters. The third-order valence-electron chi connectivity index (χ3n) is 4.29. The summed E-state index contributed by atoms with van der Waals surface area (Å²) in [5.41, 5.74) is 2.95. The van der Waals surface area contributed by atoms with Gasteiger partial charge in [0.2, 0.25) is 5.91 Å². The van der Waals surface area contributed by atoms with Crippen LogP contribution in [0.2, 0.25) is 0 Å². The van der Waals surface area contributed by atoms with E-state index in [0.29, 0.717) is 12.8 Å². The first kappa shape index (κ1) is 16.6. The summed E-state index contributed by atoms with van der Waals surface area (Å²) in [5, 5.41) is 12.3. The van der Waals surface area contributed by atoms with Crippen LogP contribution in [0.3, 0.4) is 0 Å². The summed E-state index contributed by atoms with van der Waals surface area (Å²) < 4.78 is 0. The molecule has 0 heterocycles. The molecule has 0 saturated heterocycles. The average molecular weight is 319 g/mol. The molecule has 5 heteroatoms. The number of benzene rings is 1. The molecule has 0 radical (unpaired) electrons. The highest BCUT2D eigenvalue weighted by Crippen LogP contribution is 2.35. The maximum atomic E-state index is 12.6. The minimum atomic E-state index is -0.898. The fraction of sp³-hybridized carbons (Fsp3) is 0.412. The summed E-state index contributed by atoms with van der Waals surface area (Å²) in [6, 6.07) is 7.56. The van der Waals surface area contributed by atoms with Crippen molar-refractivity contribution in [2.45, 2.75) is 31.6 Å². The molecule has 118 valence electrons. The van der Waals surface area contributed by atoms with Gasteiger partial charge in [-0.3, -0.25) is 9.59 Å². The second-order valence-corrected chi connectivity index (χ2v) is 6.56. The molecule has 1 aliphatic carbocycles. The van der Waals surface area contributed by atoms with Crippen LogP contribution in [0.25, 0.3) is 0 Å². The molecular weight excluding hydrogens is 298 g/mol. The molecule has 0 saturated carbocycles. The van der Waals surface area contributed by atoms with Crippen LogP contribution >= 0.6 is 11.8 Å². The number of thioether (sulfide) groups is 1. The Morgan fingerprint density at radius 2 is 1.73 bits per heavy atom. The van der Waals surface area contributed by atoms with Crippen LogP contribution in [-0.2, 0) is 9.59 Å². The van der Waals surface area contributed by atoms with Gasteiger partial charge in [-0.2, -0.15) is 0 Å². The standard InChI is InChI=1S/C17H21NO3S/c1-10-8-12(13(17(20)21)9-11(10)2)16(19)18-14-6-4-5-7-15(14)22-3/h4-7,12-13H,8-9H2,1-3H3,(H,18,19)(H,20,21)/t12-,13+/m1/s1. The minimum Gasteiger partial charge on any atom is -0.481 e. The lowest BCUT2D eigenvalue weighted by Crippen LogP contribution is -2.36. The van der Waals surface area contributed by atoms with E-state index in [9.17, 15) is 14.7 Å². The lowest BCUT2D eigenvalue weighted by molar-refractivity contribution is -0.146. The molecule has 1 amide bonds. The van der Waals surface area contributed by atoms with Gasteiger partial charge < -0.3 is 10.4 Å². The Bertz CT molecular complexity index is 624. The Morgan fingerprint density at radius 3 is 2.32 bits per heavy atom. The zero-order valence-corrected chi connectivity index (χ0v) is 13.9. The topological polar surface area (TPSA) is 66.4 Å². The van der Waals surface area contributed by atoms with E-state index in [1.54, 1.807) is 11.8 Å². The van der Waals surface area contributed by atoms with Gasteiger partial charge in [0, 0.05) is 4.90 Å². The summed E-state index contributed by atoms with van der Waals surface area (Å²) in [4.78, 5) is 25.1. The lowest BCUT2D eigenvalue weighted by atomic mass is 9.76. The molecule has 4 nitrogen and oxygen atoms in total. The molecule has 0 aromatic heterocycles. The number of carbonyl (C=O) groups is 2. The predicted octanol–water partition coefficient (Wildman–Crippen LogP) is 3.79. The number of carboxylic acids is 1. The predicted molar refractivity (Wildman–Crippen MR) is 89.1 cm³/mol. The second-order valence-electron chi connectivity index (χ2n) is 5.71. The number of anilines is 1. The SMILES string of the molecule is CSc1ccccc1NC(=O)[C@@H]1CC(C)=C(C)C[C@@H]1C(=O)O. The van der Waals surface area contributed by atoms with E-state index in [4.69, 9.17) is 0 Å². The molecule has 1 aliphatic rings. The van der Waals surface area contributed by atoms with Crippen molar-refractivity contribution in [1.82, 2.24) is 0 Å². The molecule has 0 spiro atoms. The van der Waals surface area contributed by atoms with Crippen molar-refractivity contribution < 1.29 is 14.7 Å². The molecule has 22 heavy (non-hydrogen) atoms. The van der Waals surface area contributed by atoms with E-state index in [1.165, 1.54) is 0 Å². The third-order valence-corrected chi connectivity index (χ3v) is 5.08. The van der Waals surface area contributed by atoms with E-state index in [1.807, 2.05) is 44.4 Å². The molecule has 2 atom stereocenters. The third kappa shape index (κ3) is 3.53. The van der Waals surface area contributed by atoms with Crippen molar-refractivity contribution in [3.63, 3.8) is 0 Å². The van der Waals surface area contributed by atoms with Crippen molar-refractivity contribution in [2.75, 3.05) is 11.6 Å². The molecule has 1 aromatic carbocycles. The van der Waals surface area contributed by atoms with Gasteiger partial charge in [0.1, 0.15) is 0 Å². The first-order valence-corrected chi connectivity index (χ1v) is 8.48. The minimum absolute atomic E-state index is 0.208. The number of aliphatic carboxylic acids is 1. The monoisotopic (exact) mass is 319 g/mol. The lowest BCUT2D eigenvalue weighted by Gasteiger charge is -2.29. The van der Waals surface area contributed by atoms with Crippen molar-refractivity contribution in [3.8, 4) is 0 Å². The van der Waals surface area contributed by atoms with Gasteiger partial charge in [-0.05, 0) is 45.1 Å². The Kier molecular flexibility index (Phi) is 5.29. The molecule has 1 aromatic rings. The van der Waals surface area contributed by atoms with E-state index < -0.39 is 17.8 Å². The van der Waals surface area contributed by atoms with Crippen LogP contribution < -0.4 is 5.32 Å². The Balaban J connectivity index is 2.22. The number of hydrogen-bond donors (Lipinski definition) is 2. The van der Waals surface area contributed by atoms with Gasteiger partial charge in [-0.15, -0.1) is 11.8 Å². The number of hydrogen-bond acceptors (Lipinski definition) is 3. The number of carboxylic acid groups (broad SMARTS) is 1. The fourth-order valence-corrected chi connectivity index (χ4v) is 3.35. The maximum Gasteiger partial charge on any atom is 0.307 e. The fourth-order valence-electron chi connectivity index (χ4n) is 2.80. The van der Waals surface area contributed by atoms with Crippen molar-refractivity contribution in [3.05, 3.63) is 35.4 Å². The smallest absolute Gasteiger partial charge is 0.307 e. The van der Waals surface area contributed by atoms with E-state index in [2.05, 4.69) is 5.32 Å². The highest BCUT2D eigenvalue weighted by atomic mass is 32.2.